The number of hydrogen-bond acceptors (Lipinski definition) is 3. The Morgan fingerprint density at radius 2 is 1.61 bits per heavy atom. The van der Waals surface area contributed by atoms with Gasteiger partial charge in [-0.15, -0.1) is 0 Å². The summed E-state index contributed by atoms with van der Waals surface area (Å²) < 4.78 is 25.0. The molecule has 0 aliphatic carbocycles. The summed E-state index contributed by atoms with van der Waals surface area (Å²) in [5.74, 6) is 0. The SMILES string of the molecule is C[C@@H](NC(=S)/C=C/c1ccc(C(C)(C)C)cc1)c1ccc(NS(C)(=O)=O)cc1. The van der Waals surface area contributed by atoms with Gasteiger partial charge in [-0.3, -0.25) is 4.72 Å². The monoisotopic (exact) mass is 416 g/mol. The van der Waals surface area contributed by atoms with Crippen LogP contribution in [0.1, 0.15) is 50.4 Å². The first-order valence-corrected chi connectivity index (χ1v) is 11.4. The number of rotatable bonds is 6. The Kier molecular flexibility index (Phi) is 7.01. The molecule has 0 radical (unpaired) electrons. The predicted octanol–water partition coefficient (Wildman–Crippen LogP) is 5.05. The van der Waals surface area contributed by atoms with Crippen LogP contribution in [0.25, 0.3) is 6.08 Å². The van der Waals surface area contributed by atoms with Gasteiger partial charge >= 0.3 is 0 Å². The van der Waals surface area contributed by atoms with Crippen LogP contribution in [0.4, 0.5) is 5.69 Å². The molecule has 0 saturated carbocycles. The van der Waals surface area contributed by atoms with Crippen molar-refractivity contribution in [3.8, 4) is 0 Å². The molecule has 0 amide bonds. The van der Waals surface area contributed by atoms with Gasteiger partial charge in [0.05, 0.1) is 11.2 Å². The van der Waals surface area contributed by atoms with E-state index in [2.05, 4.69) is 55.1 Å². The van der Waals surface area contributed by atoms with Crippen LogP contribution in [0.5, 0.6) is 0 Å². The molecule has 2 aromatic rings. The van der Waals surface area contributed by atoms with Crippen molar-refractivity contribution in [3.63, 3.8) is 0 Å². The Balaban J connectivity index is 1.95. The third kappa shape index (κ3) is 7.09. The molecule has 0 aromatic heterocycles. The van der Waals surface area contributed by atoms with Gasteiger partial charge in [-0.1, -0.05) is 75.5 Å². The molecule has 1 atom stereocenters. The Bertz CT molecular complexity index is 940. The molecule has 0 aliphatic rings. The fourth-order valence-corrected chi connectivity index (χ4v) is 3.47. The molecule has 2 rings (SSSR count). The molecule has 0 aliphatic heterocycles. The van der Waals surface area contributed by atoms with Gasteiger partial charge in [0.2, 0.25) is 10.0 Å². The van der Waals surface area contributed by atoms with Crippen LogP contribution < -0.4 is 10.0 Å². The van der Waals surface area contributed by atoms with Crippen molar-refractivity contribution in [1.29, 1.82) is 0 Å². The zero-order chi connectivity index (χ0) is 20.9. The van der Waals surface area contributed by atoms with Crippen molar-refractivity contribution in [2.75, 3.05) is 11.0 Å². The maximum atomic E-state index is 11.3. The van der Waals surface area contributed by atoms with E-state index >= 15 is 0 Å². The van der Waals surface area contributed by atoms with Gasteiger partial charge < -0.3 is 5.32 Å². The molecule has 2 aromatic carbocycles. The van der Waals surface area contributed by atoms with Crippen LogP contribution >= 0.6 is 12.2 Å². The number of nitrogens with one attached hydrogen (secondary N) is 2. The number of thiocarbonyl (C=S) groups is 1. The number of anilines is 1. The van der Waals surface area contributed by atoms with Crippen molar-refractivity contribution >= 4 is 39.0 Å². The minimum atomic E-state index is -3.27. The highest BCUT2D eigenvalue weighted by Gasteiger charge is 2.12. The molecule has 0 saturated heterocycles. The molecule has 6 heteroatoms. The second-order valence-electron chi connectivity index (χ2n) is 7.93. The molecule has 0 spiro atoms. The maximum absolute atomic E-state index is 11.3. The van der Waals surface area contributed by atoms with Gasteiger partial charge in [-0.25, -0.2) is 8.42 Å². The van der Waals surface area contributed by atoms with Crippen LogP contribution in [-0.4, -0.2) is 19.7 Å². The minimum Gasteiger partial charge on any atom is -0.370 e. The van der Waals surface area contributed by atoms with Crippen LogP contribution in [0.3, 0.4) is 0 Å². The first kappa shape index (κ1) is 22.1. The van der Waals surface area contributed by atoms with Crippen molar-refractivity contribution in [1.82, 2.24) is 5.32 Å². The van der Waals surface area contributed by atoms with Gasteiger partial charge in [-0.05, 0) is 47.2 Å². The van der Waals surface area contributed by atoms with Gasteiger partial charge in [0.15, 0.2) is 0 Å². The highest BCUT2D eigenvalue weighted by molar-refractivity contribution is 7.92. The molecular formula is C22H28N2O2S2. The largest absolute Gasteiger partial charge is 0.370 e. The summed E-state index contributed by atoms with van der Waals surface area (Å²) in [6.45, 7) is 8.60. The van der Waals surface area contributed by atoms with Crippen molar-refractivity contribution in [3.05, 3.63) is 71.3 Å². The van der Waals surface area contributed by atoms with E-state index < -0.39 is 10.0 Å². The summed E-state index contributed by atoms with van der Waals surface area (Å²) in [5, 5.41) is 3.28. The summed E-state index contributed by atoms with van der Waals surface area (Å²) in [5.41, 5.74) is 4.10. The zero-order valence-corrected chi connectivity index (χ0v) is 18.6. The molecule has 0 unspecified atom stereocenters. The highest BCUT2D eigenvalue weighted by atomic mass is 32.2. The zero-order valence-electron chi connectivity index (χ0n) is 17.0. The fraction of sp³-hybridized carbons (Fsp3) is 0.318. The van der Waals surface area contributed by atoms with E-state index in [1.165, 1.54) is 5.56 Å². The smallest absolute Gasteiger partial charge is 0.229 e. The van der Waals surface area contributed by atoms with E-state index in [1.807, 2.05) is 31.2 Å². The molecule has 2 N–H and O–H groups in total. The van der Waals surface area contributed by atoms with Crippen LogP contribution in [0.2, 0.25) is 0 Å². The van der Waals surface area contributed by atoms with E-state index in [1.54, 1.807) is 12.1 Å². The van der Waals surface area contributed by atoms with E-state index in [4.69, 9.17) is 12.2 Å². The summed E-state index contributed by atoms with van der Waals surface area (Å²) in [6.07, 6.45) is 5.01. The van der Waals surface area contributed by atoms with Crippen molar-refractivity contribution in [2.45, 2.75) is 39.2 Å². The summed E-state index contributed by atoms with van der Waals surface area (Å²) in [4.78, 5) is 0.644. The molecule has 28 heavy (non-hydrogen) atoms. The molecule has 4 nitrogen and oxygen atoms in total. The second-order valence-corrected chi connectivity index (χ2v) is 10.1. The van der Waals surface area contributed by atoms with Crippen LogP contribution in [0.15, 0.2) is 54.6 Å². The number of benzene rings is 2. The van der Waals surface area contributed by atoms with E-state index in [9.17, 15) is 8.42 Å². The lowest BCUT2D eigenvalue weighted by atomic mass is 9.87. The highest BCUT2D eigenvalue weighted by Crippen LogP contribution is 2.22. The van der Waals surface area contributed by atoms with Gasteiger partial charge in [-0.2, -0.15) is 0 Å². The van der Waals surface area contributed by atoms with Gasteiger partial charge in [0.1, 0.15) is 0 Å². The molecule has 150 valence electrons. The molecule has 0 heterocycles. The van der Waals surface area contributed by atoms with Gasteiger partial charge in [0.25, 0.3) is 0 Å². The third-order valence-electron chi connectivity index (χ3n) is 4.28. The van der Waals surface area contributed by atoms with Crippen molar-refractivity contribution in [2.24, 2.45) is 0 Å². The van der Waals surface area contributed by atoms with Crippen molar-refractivity contribution < 1.29 is 8.42 Å². The van der Waals surface area contributed by atoms with Crippen LogP contribution in [-0.2, 0) is 15.4 Å². The Morgan fingerprint density at radius 3 is 2.11 bits per heavy atom. The van der Waals surface area contributed by atoms with E-state index in [0.717, 1.165) is 17.4 Å². The summed E-state index contributed by atoms with van der Waals surface area (Å²) >= 11 is 5.42. The average Bonchev–Trinajstić information content (AvgIpc) is 2.59. The lowest BCUT2D eigenvalue weighted by molar-refractivity contribution is 0.590. The number of hydrogen-bond donors (Lipinski definition) is 2. The third-order valence-corrected chi connectivity index (χ3v) is 5.14. The standard InChI is InChI=1S/C22H28N2O2S2/c1-16(18-9-13-20(14-10-18)24-28(5,25)26)23-21(27)15-8-17-6-11-19(12-7-17)22(2,3)4/h6-16,24H,1-5H3,(H,23,27)/b15-8+/t16-/m1/s1. The minimum absolute atomic E-state index is 0.00713. The normalized spacial score (nSPS) is 13.3. The first-order valence-electron chi connectivity index (χ1n) is 9.11. The average molecular weight is 417 g/mol. The summed E-state index contributed by atoms with van der Waals surface area (Å²) in [6, 6.07) is 15.7. The van der Waals surface area contributed by atoms with Gasteiger partial charge in [0, 0.05) is 11.7 Å². The quantitative estimate of drug-likeness (QED) is 0.511. The predicted molar refractivity (Wildman–Crippen MR) is 123 cm³/mol. The lowest BCUT2D eigenvalue weighted by Gasteiger charge is -2.18. The fourth-order valence-electron chi connectivity index (χ4n) is 2.66. The maximum Gasteiger partial charge on any atom is 0.229 e. The number of sulfonamides is 1. The second kappa shape index (κ2) is 8.88. The molecule has 0 fully saturated rings. The lowest BCUT2D eigenvalue weighted by Crippen LogP contribution is -2.23. The topological polar surface area (TPSA) is 58.2 Å². The van der Waals surface area contributed by atoms with Crippen LogP contribution in [0, 0.1) is 0 Å². The Morgan fingerprint density at radius 1 is 1.04 bits per heavy atom. The molecular weight excluding hydrogens is 388 g/mol. The summed E-state index contributed by atoms with van der Waals surface area (Å²) in [7, 11) is -3.27. The Hall–Kier alpha value is -2.18. The first-order chi connectivity index (χ1) is 12.9. The molecule has 0 bridgehead atoms. The van der Waals surface area contributed by atoms with E-state index in [-0.39, 0.29) is 11.5 Å². The Labute approximate surface area is 174 Å². The van der Waals surface area contributed by atoms with E-state index in [0.29, 0.717) is 10.7 Å².